The van der Waals surface area contributed by atoms with Crippen molar-refractivity contribution in [3.8, 4) is 11.1 Å². The lowest BCUT2D eigenvalue weighted by atomic mass is 9.98. The predicted molar refractivity (Wildman–Crippen MR) is 311 cm³/mol. The number of nitrogens with zero attached hydrogens (tertiary/aromatic N) is 2. The SMILES string of the molecule is CSCC[C@H](NC(=O)[C@H](CCC(=O)O)NC(=O)[C@H](CCC(=O)O)NC(=O)OCC1c2ccccc2-c2ccccc21)C(=O)N[C@@H](CCC(N)=O)C(=O)N[C@@H](CCCN=C(N)N)C(=O)N[C@@H](CCCN=C(N)N)C(=O)NCC(=O)N[C@@H](CC(=O)O)C(=O)O. The Labute approximate surface area is 502 Å². The van der Waals surface area contributed by atoms with Gasteiger partial charge in [-0.3, -0.25) is 62.7 Å². The van der Waals surface area contributed by atoms with Crippen molar-refractivity contribution in [1.29, 1.82) is 0 Å². The molecule has 0 bridgehead atoms. The topological polar surface area (TPSA) is 563 Å². The van der Waals surface area contributed by atoms with Crippen LogP contribution in [0.25, 0.3) is 11.1 Å². The largest absolute Gasteiger partial charge is 0.481 e. The molecule has 0 aromatic heterocycles. The average Bonchev–Trinajstić information content (AvgIpc) is 1.72. The molecule has 476 valence electrons. The number of aliphatic imine (C=N–C) groups is 2. The number of carboxylic acid groups (broad SMARTS) is 4. The molecule has 1 aliphatic rings. The maximum Gasteiger partial charge on any atom is 0.407 e. The van der Waals surface area contributed by atoms with Gasteiger partial charge < -0.3 is 96.4 Å². The number of guanidine groups is 2. The first kappa shape index (κ1) is 71.5. The fourth-order valence-corrected chi connectivity index (χ4v) is 9.20. The van der Waals surface area contributed by atoms with Crippen molar-refractivity contribution in [1.82, 2.24) is 42.5 Å². The molecule has 0 radical (unpaired) electrons. The first-order valence-electron chi connectivity index (χ1n) is 27.2. The Bertz CT molecular complexity index is 2820. The van der Waals surface area contributed by atoms with Gasteiger partial charge in [-0.2, -0.15) is 11.8 Å². The summed E-state index contributed by atoms with van der Waals surface area (Å²) in [6.45, 7) is -1.24. The van der Waals surface area contributed by atoms with Crippen LogP contribution in [0, 0.1) is 0 Å². The highest BCUT2D eigenvalue weighted by Crippen LogP contribution is 2.44. The van der Waals surface area contributed by atoms with Crippen LogP contribution in [-0.2, 0) is 62.3 Å². The van der Waals surface area contributed by atoms with E-state index in [9.17, 15) is 77.6 Å². The lowest BCUT2D eigenvalue weighted by molar-refractivity contribution is -0.147. The number of hydrogen-bond donors (Lipinski definition) is 17. The van der Waals surface area contributed by atoms with Gasteiger partial charge in [0.05, 0.1) is 13.0 Å². The number of carbonyl (C=O) groups excluding carboxylic acids is 9. The lowest BCUT2D eigenvalue weighted by Crippen LogP contribution is -2.60. The van der Waals surface area contributed by atoms with Crippen molar-refractivity contribution in [2.24, 2.45) is 38.7 Å². The molecule has 0 fully saturated rings. The van der Waals surface area contributed by atoms with Crippen LogP contribution in [-0.4, -0.2) is 190 Å². The first-order chi connectivity index (χ1) is 41.2. The third-order valence-electron chi connectivity index (χ3n) is 13.0. The van der Waals surface area contributed by atoms with E-state index >= 15 is 0 Å². The summed E-state index contributed by atoms with van der Waals surface area (Å²) in [5, 5.41) is 56.2. The number of carboxylic acids is 4. The van der Waals surface area contributed by atoms with Gasteiger partial charge in [0, 0.05) is 38.3 Å². The molecule has 0 heterocycles. The van der Waals surface area contributed by atoms with Crippen LogP contribution in [0.1, 0.15) is 94.1 Å². The van der Waals surface area contributed by atoms with Gasteiger partial charge in [0.15, 0.2) is 11.9 Å². The fourth-order valence-electron chi connectivity index (χ4n) is 8.73. The Kier molecular flexibility index (Phi) is 30.3. The Morgan fingerprint density at radius 3 is 1.31 bits per heavy atom. The van der Waals surface area contributed by atoms with E-state index in [1.807, 2.05) is 53.8 Å². The highest BCUT2D eigenvalue weighted by Gasteiger charge is 2.35. The summed E-state index contributed by atoms with van der Waals surface area (Å²) in [5.74, 6) is -15.4. The van der Waals surface area contributed by atoms with Crippen LogP contribution in [0.3, 0.4) is 0 Å². The van der Waals surface area contributed by atoms with Crippen LogP contribution in [0.4, 0.5) is 4.79 Å². The number of alkyl carbamates (subject to hydrolysis) is 1. The second kappa shape index (κ2) is 36.8. The maximum atomic E-state index is 14.3. The zero-order valence-electron chi connectivity index (χ0n) is 47.5. The molecule has 87 heavy (non-hydrogen) atoms. The van der Waals surface area contributed by atoms with Crippen molar-refractivity contribution in [3.05, 3.63) is 59.7 Å². The number of primary amides is 1. The molecular formula is C53H75N15O18S. The number of rotatable bonds is 40. The van der Waals surface area contributed by atoms with Gasteiger partial charge in [-0.05, 0) is 85.6 Å². The van der Waals surface area contributed by atoms with Crippen molar-refractivity contribution >= 4 is 101 Å². The summed E-state index contributed by atoms with van der Waals surface area (Å²) in [6.07, 6.45) is -4.60. The summed E-state index contributed by atoms with van der Waals surface area (Å²) in [7, 11) is 0. The number of thioether (sulfide) groups is 1. The van der Waals surface area contributed by atoms with Crippen LogP contribution >= 0.6 is 11.8 Å². The number of fused-ring (bicyclic) bond motifs is 3. The van der Waals surface area contributed by atoms with Gasteiger partial charge in [0.2, 0.25) is 47.3 Å². The average molecular weight is 1240 g/mol. The summed E-state index contributed by atoms with van der Waals surface area (Å²) >= 11 is 1.22. The summed E-state index contributed by atoms with van der Waals surface area (Å²) < 4.78 is 5.57. The minimum Gasteiger partial charge on any atom is -0.481 e. The van der Waals surface area contributed by atoms with Crippen LogP contribution in [0.15, 0.2) is 58.5 Å². The van der Waals surface area contributed by atoms with E-state index in [0.29, 0.717) is 0 Å². The van der Waals surface area contributed by atoms with Crippen LogP contribution in [0.2, 0.25) is 0 Å². The number of nitrogens with one attached hydrogen (secondary N) is 8. The predicted octanol–water partition coefficient (Wildman–Crippen LogP) is -3.67. The summed E-state index contributed by atoms with van der Waals surface area (Å²) in [5.41, 5.74) is 30.8. The molecule has 0 spiro atoms. The van der Waals surface area contributed by atoms with E-state index in [2.05, 4.69) is 47.2 Å². The third kappa shape index (κ3) is 26.0. The minimum atomic E-state index is -1.86. The number of carbonyl (C=O) groups is 13. The van der Waals surface area contributed by atoms with E-state index in [4.69, 9.17) is 38.5 Å². The Hall–Kier alpha value is -9.76. The Morgan fingerprint density at radius 2 is 0.908 bits per heavy atom. The molecule has 34 heteroatoms. The lowest BCUT2D eigenvalue weighted by Gasteiger charge is -2.27. The maximum absolute atomic E-state index is 14.3. The Balaban J connectivity index is 1.88. The van der Waals surface area contributed by atoms with Crippen molar-refractivity contribution in [2.75, 3.05) is 38.2 Å². The molecule has 33 nitrogen and oxygen atoms in total. The quantitative estimate of drug-likeness (QED) is 0.0174. The molecule has 1 aliphatic carbocycles. The van der Waals surface area contributed by atoms with E-state index < -0.39 is 177 Å². The molecule has 3 rings (SSSR count). The van der Waals surface area contributed by atoms with Crippen molar-refractivity contribution in [3.63, 3.8) is 0 Å². The number of ether oxygens (including phenoxy) is 1. The van der Waals surface area contributed by atoms with Gasteiger partial charge in [-0.15, -0.1) is 0 Å². The van der Waals surface area contributed by atoms with Gasteiger partial charge in [-0.1, -0.05) is 48.5 Å². The highest BCUT2D eigenvalue weighted by molar-refractivity contribution is 7.98. The number of amides is 9. The standard InChI is InChI=1S/C53H75N15O18S/c1-87-23-20-37(67-47(80)35(15-18-41(71)72)66-48(81)36(16-19-42(73)74)68-53(85)86-26-31-29-10-4-2-8-27(29)28-9-3-5-11-30(28)31)49(82)65-34(14-17-39(54)69)46(79)64-33(13-7-22-60-52(57)58)45(78)63-32(12-6-21-59-51(55)56)44(77)61-25-40(70)62-38(50(83)84)24-43(75)76/h2-5,8-11,31-38H,6-7,12-26H2,1H3,(H2,54,69)(H,61,77)(H,62,70)(H,63,78)(H,64,79)(H,65,82)(H,66,81)(H,67,80)(H,68,85)(H,71,72)(H,73,74)(H,75,76)(H,83,84)(H4,55,56,59)(H4,57,58,60)/t32-,33-,34-,35-,36-,37-,38-/m0/s1. The van der Waals surface area contributed by atoms with Crippen molar-refractivity contribution < 1.29 is 87.5 Å². The zero-order chi connectivity index (χ0) is 64.8. The van der Waals surface area contributed by atoms with E-state index in [1.54, 1.807) is 6.26 Å². The number of hydrogen-bond acceptors (Lipinski definition) is 17. The molecule has 2 aromatic rings. The molecule has 0 aliphatic heterocycles. The molecule has 0 saturated carbocycles. The number of aliphatic carboxylic acids is 4. The first-order valence-corrected chi connectivity index (χ1v) is 28.6. The molecule has 7 atom stereocenters. The second-order valence-corrected chi connectivity index (χ2v) is 20.6. The fraction of sp³-hybridized carbons (Fsp3) is 0.491. The minimum absolute atomic E-state index is 0.00859. The van der Waals surface area contributed by atoms with E-state index in [0.717, 1.165) is 22.3 Å². The molecular weight excluding hydrogens is 1170 g/mol. The molecule has 9 amide bonds. The van der Waals surface area contributed by atoms with Crippen molar-refractivity contribution in [2.45, 2.75) is 125 Å². The van der Waals surface area contributed by atoms with E-state index in [-0.39, 0.29) is 69.5 Å². The second-order valence-electron chi connectivity index (χ2n) is 19.7. The van der Waals surface area contributed by atoms with Gasteiger partial charge in [0.1, 0.15) is 48.9 Å². The zero-order valence-corrected chi connectivity index (χ0v) is 48.3. The van der Waals surface area contributed by atoms with Gasteiger partial charge >= 0.3 is 30.0 Å². The van der Waals surface area contributed by atoms with Crippen LogP contribution < -0.4 is 71.2 Å². The van der Waals surface area contributed by atoms with Gasteiger partial charge in [-0.25, -0.2) is 9.59 Å². The Morgan fingerprint density at radius 1 is 0.506 bits per heavy atom. The molecule has 0 saturated heterocycles. The molecule has 22 N–H and O–H groups in total. The third-order valence-corrected chi connectivity index (χ3v) is 13.7. The summed E-state index contributed by atoms with van der Waals surface area (Å²) in [6, 6.07) is 3.33. The monoisotopic (exact) mass is 1240 g/mol. The molecule has 0 unspecified atom stereocenters. The number of nitrogens with two attached hydrogens (primary N) is 5. The summed E-state index contributed by atoms with van der Waals surface area (Å²) in [4.78, 5) is 176. The number of benzene rings is 2. The van der Waals surface area contributed by atoms with Crippen LogP contribution in [0.5, 0.6) is 0 Å². The molecule has 2 aromatic carbocycles. The van der Waals surface area contributed by atoms with E-state index in [1.165, 1.54) is 11.8 Å². The normalized spacial score (nSPS) is 13.7. The highest BCUT2D eigenvalue weighted by atomic mass is 32.2. The smallest absolute Gasteiger partial charge is 0.407 e. The van der Waals surface area contributed by atoms with Gasteiger partial charge in [0.25, 0.3) is 0 Å².